The van der Waals surface area contributed by atoms with Gasteiger partial charge >= 0.3 is 0 Å². The first-order chi connectivity index (χ1) is 22.1. The summed E-state index contributed by atoms with van der Waals surface area (Å²) in [4.78, 5) is -0.194. The molecule has 2 saturated heterocycles. The predicted molar refractivity (Wildman–Crippen MR) is 166 cm³/mol. The van der Waals surface area contributed by atoms with Gasteiger partial charge in [-0.3, -0.25) is 8.37 Å². The van der Waals surface area contributed by atoms with E-state index in [9.17, 15) is 16.8 Å². The van der Waals surface area contributed by atoms with Crippen LogP contribution in [-0.4, -0.2) is 54.5 Å². The van der Waals surface area contributed by atoms with Gasteiger partial charge in [-0.25, -0.2) is 0 Å². The standard InChI is InChI=1S/C34H34O10S2/c1-23-13-17-27(18-14-23)45(35,36)40-22-30(44-46(37,38)28-19-15-24(2)16-20-28)32-31-29(41-34(43-32)26-11-7-4-8-12-26)21-39-33(42-31)25-9-5-3-6-10-25/h3-20,29-34H,21-22H2,1-2H3/t29-,30+,31+,32-,33+,34+/m1/s1. The molecule has 0 bridgehead atoms. The number of hydrogen-bond acceptors (Lipinski definition) is 10. The molecule has 10 nitrogen and oxygen atoms in total. The van der Waals surface area contributed by atoms with E-state index in [1.54, 1.807) is 36.4 Å². The van der Waals surface area contributed by atoms with Crippen molar-refractivity contribution in [3.05, 3.63) is 131 Å². The summed E-state index contributed by atoms with van der Waals surface area (Å²) in [7, 11) is -8.74. The van der Waals surface area contributed by atoms with Crippen molar-refractivity contribution in [3.8, 4) is 0 Å². The van der Waals surface area contributed by atoms with Gasteiger partial charge in [-0.05, 0) is 38.1 Å². The summed E-state index contributed by atoms with van der Waals surface area (Å²) in [6.45, 7) is 3.05. The molecule has 0 spiro atoms. The minimum atomic E-state index is -4.43. The van der Waals surface area contributed by atoms with Gasteiger partial charge < -0.3 is 18.9 Å². The first-order valence-electron chi connectivity index (χ1n) is 14.7. The van der Waals surface area contributed by atoms with Gasteiger partial charge in [0.05, 0.1) is 23.0 Å². The maximum Gasteiger partial charge on any atom is 0.297 e. The third-order valence-electron chi connectivity index (χ3n) is 7.73. The Morgan fingerprint density at radius 3 is 1.74 bits per heavy atom. The van der Waals surface area contributed by atoms with E-state index in [0.29, 0.717) is 5.56 Å². The van der Waals surface area contributed by atoms with E-state index in [0.717, 1.165) is 16.7 Å². The fourth-order valence-corrected chi connectivity index (χ4v) is 7.23. The molecule has 0 N–H and O–H groups in total. The lowest BCUT2D eigenvalue weighted by Crippen LogP contribution is -2.59. The number of ether oxygens (including phenoxy) is 4. The van der Waals surface area contributed by atoms with Crippen LogP contribution >= 0.6 is 0 Å². The minimum Gasteiger partial charge on any atom is -0.346 e. The van der Waals surface area contributed by atoms with Crippen LogP contribution in [0, 0.1) is 13.8 Å². The molecule has 6 rings (SSSR count). The second kappa shape index (κ2) is 13.7. The Bertz CT molecular complexity index is 1810. The second-order valence-corrected chi connectivity index (χ2v) is 14.3. The number of rotatable bonds is 10. The molecule has 46 heavy (non-hydrogen) atoms. The molecule has 4 aromatic carbocycles. The van der Waals surface area contributed by atoms with E-state index < -0.39 is 63.8 Å². The van der Waals surface area contributed by atoms with Crippen molar-refractivity contribution in [1.82, 2.24) is 0 Å². The van der Waals surface area contributed by atoms with E-state index in [4.69, 9.17) is 27.3 Å². The average molecular weight is 667 g/mol. The molecule has 2 heterocycles. The van der Waals surface area contributed by atoms with Crippen LogP contribution in [0.25, 0.3) is 0 Å². The zero-order valence-corrected chi connectivity index (χ0v) is 26.8. The lowest BCUT2D eigenvalue weighted by molar-refractivity contribution is -0.372. The van der Waals surface area contributed by atoms with Crippen molar-refractivity contribution < 1.29 is 44.1 Å². The predicted octanol–water partition coefficient (Wildman–Crippen LogP) is 5.38. The topological polar surface area (TPSA) is 124 Å². The molecule has 2 fully saturated rings. The van der Waals surface area contributed by atoms with E-state index >= 15 is 0 Å². The van der Waals surface area contributed by atoms with Crippen molar-refractivity contribution >= 4 is 20.2 Å². The van der Waals surface area contributed by atoms with Crippen molar-refractivity contribution in [2.24, 2.45) is 0 Å². The summed E-state index contributed by atoms with van der Waals surface area (Å²) in [5.41, 5.74) is 3.10. The fraction of sp³-hybridized carbons (Fsp3) is 0.294. The van der Waals surface area contributed by atoms with Crippen LogP contribution in [0.5, 0.6) is 0 Å². The molecule has 0 saturated carbocycles. The highest BCUT2D eigenvalue weighted by atomic mass is 32.2. The van der Waals surface area contributed by atoms with Gasteiger partial charge in [0.1, 0.15) is 24.4 Å². The molecular weight excluding hydrogens is 632 g/mol. The van der Waals surface area contributed by atoms with Crippen LogP contribution < -0.4 is 0 Å². The zero-order valence-electron chi connectivity index (χ0n) is 25.2. The monoisotopic (exact) mass is 666 g/mol. The van der Waals surface area contributed by atoms with Crippen LogP contribution in [0.4, 0.5) is 0 Å². The molecule has 0 amide bonds. The largest absolute Gasteiger partial charge is 0.346 e. The first-order valence-corrected chi connectivity index (χ1v) is 17.5. The highest BCUT2D eigenvalue weighted by molar-refractivity contribution is 7.87. The van der Waals surface area contributed by atoms with Gasteiger partial charge in [0, 0.05) is 11.1 Å². The second-order valence-electron chi connectivity index (χ2n) is 11.1. The normalized spacial score (nSPS) is 24.2. The minimum absolute atomic E-state index is 0.0855. The van der Waals surface area contributed by atoms with E-state index in [1.807, 2.05) is 62.4 Å². The summed E-state index contributed by atoms with van der Waals surface area (Å²) in [6, 6.07) is 30.5. The first kappa shape index (κ1) is 32.5. The number of hydrogen-bond donors (Lipinski definition) is 0. The molecule has 0 aromatic heterocycles. The SMILES string of the molecule is Cc1ccc(S(=O)(=O)OC[C@H](OS(=O)(=O)c2ccc(C)cc2)[C@H]2O[C@@H](c3ccccc3)O[C@@H]3CO[C@H](c4ccccc4)O[C@H]23)cc1. The Labute approximate surface area is 269 Å². The van der Waals surface area contributed by atoms with Gasteiger partial charge in [-0.1, -0.05) is 96.1 Å². The van der Waals surface area contributed by atoms with Gasteiger partial charge in [0.2, 0.25) is 0 Å². The molecule has 0 radical (unpaired) electrons. The average Bonchev–Trinajstić information content (AvgIpc) is 3.07. The van der Waals surface area contributed by atoms with Gasteiger partial charge in [0.25, 0.3) is 20.2 Å². The van der Waals surface area contributed by atoms with Crippen LogP contribution in [-0.2, 0) is 47.5 Å². The Morgan fingerprint density at radius 2 is 1.17 bits per heavy atom. The molecule has 12 heteroatoms. The van der Waals surface area contributed by atoms with Crippen LogP contribution in [0.3, 0.4) is 0 Å². The lowest BCUT2D eigenvalue weighted by atomic mass is 9.99. The van der Waals surface area contributed by atoms with Gasteiger partial charge in [-0.2, -0.15) is 16.8 Å². The Hall–Kier alpha value is -3.46. The lowest BCUT2D eigenvalue weighted by Gasteiger charge is -2.47. The van der Waals surface area contributed by atoms with Gasteiger partial charge in [0.15, 0.2) is 12.6 Å². The van der Waals surface area contributed by atoms with Crippen molar-refractivity contribution in [1.29, 1.82) is 0 Å². The van der Waals surface area contributed by atoms with E-state index in [2.05, 4.69) is 0 Å². The summed E-state index contributed by atoms with van der Waals surface area (Å²) in [6.07, 6.45) is -6.09. The quantitative estimate of drug-likeness (QED) is 0.204. The number of aryl methyl sites for hydroxylation is 2. The summed E-state index contributed by atoms with van der Waals surface area (Å²) in [5.74, 6) is 0. The van der Waals surface area contributed by atoms with Crippen molar-refractivity contribution in [3.63, 3.8) is 0 Å². The number of benzene rings is 4. The molecule has 4 aromatic rings. The molecule has 242 valence electrons. The molecule has 2 aliphatic rings. The van der Waals surface area contributed by atoms with Crippen molar-refractivity contribution in [2.45, 2.75) is 60.6 Å². The smallest absolute Gasteiger partial charge is 0.297 e. The third-order valence-corrected chi connectivity index (χ3v) is 10.4. The highest BCUT2D eigenvalue weighted by Crippen LogP contribution is 2.40. The van der Waals surface area contributed by atoms with E-state index in [-0.39, 0.29) is 16.4 Å². The zero-order chi connectivity index (χ0) is 32.3. The summed E-state index contributed by atoms with van der Waals surface area (Å²) < 4.78 is 90.2. The van der Waals surface area contributed by atoms with Crippen LogP contribution in [0.15, 0.2) is 119 Å². The van der Waals surface area contributed by atoms with Crippen LogP contribution in [0.1, 0.15) is 34.8 Å². The Kier molecular flexibility index (Phi) is 9.69. The Morgan fingerprint density at radius 1 is 0.652 bits per heavy atom. The third kappa shape index (κ3) is 7.40. The van der Waals surface area contributed by atoms with Crippen molar-refractivity contribution in [2.75, 3.05) is 13.2 Å². The van der Waals surface area contributed by atoms with Crippen LogP contribution in [0.2, 0.25) is 0 Å². The van der Waals surface area contributed by atoms with Gasteiger partial charge in [-0.15, -0.1) is 0 Å². The molecule has 6 atom stereocenters. The summed E-state index contributed by atoms with van der Waals surface area (Å²) in [5, 5.41) is 0. The van der Waals surface area contributed by atoms with E-state index in [1.165, 1.54) is 24.3 Å². The molecule has 0 aliphatic carbocycles. The molecule has 0 unspecified atom stereocenters. The maximum absolute atomic E-state index is 13.6. The Balaban J connectivity index is 1.37. The molecular formula is C34H34O10S2. The fourth-order valence-electron chi connectivity index (χ4n) is 5.25. The molecule has 2 aliphatic heterocycles. The maximum atomic E-state index is 13.6. The summed E-state index contributed by atoms with van der Waals surface area (Å²) >= 11 is 0. The number of fused-ring (bicyclic) bond motifs is 1. The highest BCUT2D eigenvalue weighted by Gasteiger charge is 2.50.